The van der Waals surface area contributed by atoms with Gasteiger partial charge >= 0.3 is 6.18 Å². The van der Waals surface area contributed by atoms with Gasteiger partial charge in [-0.15, -0.1) is 11.3 Å². The van der Waals surface area contributed by atoms with Crippen molar-refractivity contribution in [2.24, 2.45) is 0 Å². The minimum atomic E-state index is -4.39. The molecular formula is C26H24F3N3O2S2. The smallest absolute Gasteiger partial charge is 0.255 e. The van der Waals surface area contributed by atoms with Crippen LogP contribution in [0.15, 0.2) is 71.1 Å². The number of aryl methyl sites for hydroxylation is 1. The number of rotatable bonds is 5. The minimum absolute atomic E-state index is 0.192. The third-order valence-corrected chi connectivity index (χ3v) is 8.45. The molecule has 3 heterocycles. The van der Waals surface area contributed by atoms with Crippen molar-refractivity contribution in [3.8, 4) is 33.0 Å². The lowest BCUT2D eigenvalue weighted by atomic mass is 10.0. The van der Waals surface area contributed by atoms with Gasteiger partial charge in [-0.05, 0) is 87.4 Å². The van der Waals surface area contributed by atoms with Crippen molar-refractivity contribution in [1.82, 2.24) is 14.7 Å². The second kappa shape index (κ2) is 9.42. The molecule has 10 heteroatoms. The summed E-state index contributed by atoms with van der Waals surface area (Å²) in [4.78, 5) is 9.68. The summed E-state index contributed by atoms with van der Waals surface area (Å²) in [5.74, 6) is 0. The Kier molecular flexibility index (Phi) is 6.80. The van der Waals surface area contributed by atoms with E-state index in [0.717, 1.165) is 34.6 Å². The molecule has 5 nitrogen and oxygen atoms in total. The Hall–Kier alpha value is -3.08. The average Bonchev–Trinajstić information content (AvgIpc) is 3.28. The lowest BCUT2D eigenvalue weighted by Gasteiger charge is -2.19. The van der Waals surface area contributed by atoms with E-state index in [9.17, 15) is 21.6 Å². The Morgan fingerprint density at radius 2 is 1.50 bits per heavy atom. The number of sulfonamides is 1. The fourth-order valence-electron chi connectivity index (χ4n) is 3.62. The first kappa shape index (κ1) is 26.0. The topological polar surface area (TPSA) is 72.0 Å². The average molecular weight is 532 g/mol. The van der Waals surface area contributed by atoms with Gasteiger partial charge in [0.25, 0.3) is 10.0 Å². The monoisotopic (exact) mass is 531 g/mol. The SMILES string of the molecule is Cc1cc(-c2ccc(C(F)(F)F)cc2)cc(-c2ccnc(-c3ccc(S(=O)(=O)NC(C)(C)C)s3)c2)n1. The van der Waals surface area contributed by atoms with E-state index >= 15 is 0 Å². The molecule has 0 aliphatic rings. The fraction of sp³-hybridized carbons (Fsp3) is 0.231. The van der Waals surface area contributed by atoms with Gasteiger partial charge in [-0.3, -0.25) is 9.97 Å². The fourth-order valence-corrected chi connectivity index (χ4v) is 6.31. The van der Waals surface area contributed by atoms with Gasteiger partial charge in [-0.2, -0.15) is 13.2 Å². The Bertz CT molecular complexity index is 1500. The summed E-state index contributed by atoms with van der Waals surface area (Å²) in [5, 5.41) is 0. The largest absolute Gasteiger partial charge is 0.416 e. The van der Waals surface area contributed by atoms with Crippen LogP contribution >= 0.6 is 11.3 Å². The van der Waals surface area contributed by atoms with Gasteiger partial charge < -0.3 is 0 Å². The maximum atomic E-state index is 12.9. The van der Waals surface area contributed by atoms with Crippen molar-refractivity contribution >= 4 is 21.4 Å². The van der Waals surface area contributed by atoms with Crippen LogP contribution in [0.1, 0.15) is 32.0 Å². The van der Waals surface area contributed by atoms with Crippen LogP contribution in [0.4, 0.5) is 13.2 Å². The summed E-state index contributed by atoms with van der Waals surface area (Å²) in [5.41, 5.74) is 2.75. The molecule has 36 heavy (non-hydrogen) atoms. The van der Waals surface area contributed by atoms with Crippen LogP contribution in [-0.2, 0) is 16.2 Å². The number of nitrogens with zero attached hydrogens (tertiary/aromatic N) is 2. The predicted molar refractivity (Wildman–Crippen MR) is 136 cm³/mol. The van der Waals surface area contributed by atoms with Crippen LogP contribution in [0, 0.1) is 6.92 Å². The van der Waals surface area contributed by atoms with Gasteiger partial charge in [0.2, 0.25) is 0 Å². The number of alkyl halides is 3. The zero-order valence-corrected chi connectivity index (χ0v) is 21.6. The Morgan fingerprint density at radius 1 is 0.833 bits per heavy atom. The van der Waals surface area contributed by atoms with Crippen LogP contribution < -0.4 is 4.72 Å². The zero-order valence-electron chi connectivity index (χ0n) is 20.0. The number of hydrogen-bond donors (Lipinski definition) is 1. The molecule has 0 spiro atoms. The second-order valence-corrected chi connectivity index (χ2v) is 12.4. The maximum Gasteiger partial charge on any atom is 0.416 e. The zero-order chi connectivity index (χ0) is 26.3. The van der Waals surface area contributed by atoms with Crippen molar-refractivity contribution in [2.75, 3.05) is 0 Å². The number of pyridine rings is 2. The molecule has 3 aromatic heterocycles. The van der Waals surface area contributed by atoms with E-state index in [1.165, 1.54) is 12.1 Å². The van der Waals surface area contributed by atoms with Crippen molar-refractivity contribution in [3.63, 3.8) is 0 Å². The highest BCUT2D eigenvalue weighted by Crippen LogP contribution is 2.34. The number of benzene rings is 1. The van der Waals surface area contributed by atoms with E-state index in [-0.39, 0.29) is 4.21 Å². The first-order chi connectivity index (χ1) is 16.7. The van der Waals surface area contributed by atoms with Gasteiger partial charge in [0.05, 0.1) is 21.8 Å². The van der Waals surface area contributed by atoms with E-state index in [4.69, 9.17) is 0 Å². The van der Waals surface area contributed by atoms with Gasteiger partial charge in [0, 0.05) is 23.0 Å². The molecule has 0 radical (unpaired) electrons. The van der Waals surface area contributed by atoms with Crippen molar-refractivity contribution < 1.29 is 21.6 Å². The summed E-state index contributed by atoms with van der Waals surface area (Å²) < 4.78 is 67.0. The highest BCUT2D eigenvalue weighted by molar-refractivity contribution is 7.91. The standard InChI is InChI=1S/C26H24F3N3O2S2/c1-16-13-19(17-5-7-20(8-6-17)26(27,28)29)15-21(31-16)18-11-12-30-22(14-18)23-9-10-24(35-23)36(33,34)32-25(2,3)4/h5-15,32H,1-4H3. The molecule has 4 rings (SSSR count). The third kappa shape index (κ3) is 6.00. The molecule has 1 aromatic carbocycles. The van der Waals surface area contributed by atoms with E-state index in [2.05, 4.69) is 14.7 Å². The van der Waals surface area contributed by atoms with E-state index in [1.807, 2.05) is 25.1 Å². The molecule has 0 aliphatic heterocycles. The summed E-state index contributed by atoms with van der Waals surface area (Å²) in [6.07, 6.45) is -2.77. The minimum Gasteiger partial charge on any atom is -0.255 e. The molecule has 0 fully saturated rings. The summed E-state index contributed by atoms with van der Waals surface area (Å²) in [7, 11) is -3.66. The first-order valence-corrected chi connectivity index (χ1v) is 13.3. The quantitative estimate of drug-likeness (QED) is 0.303. The molecule has 4 aromatic rings. The van der Waals surface area contributed by atoms with Crippen LogP contribution in [0.25, 0.3) is 33.0 Å². The number of halogens is 3. The number of hydrogen-bond acceptors (Lipinski definition) is 5. The molecule has 0 bridgehead atoms. The molecule has 0 saturated heterocycles. The number of thiophene rings is 1. The molecule has 0 unspecified atom stereocenters. The van der Waals surface area contributed by atoms with Crippen LogP contribution in [0.2, 0.25) is 0 Å². The number of aromatic nitrogens is 2. The predicted octanol–water partition coefficient (Wildman–Crippen LogP) is 6.94. The second-order valence-electron chi connectivity index (χ2n) is 9.36. The lowest BCUT2D eigenvalue weighted by Crippen LogP contribution is -2.40. The highest BCUT2D eigenvalue weighted by Gasteiger charge is 2.30. The van der Waals surface area contributed by atoms with Crippen molar-refractivity contribution in [2.45, 2.75) is 43.6 Å². The molecule has 0 saturated carbocycles. The van der Waals surface area contributed by atoms with E-state index < -0.39 is 27.3 Å². The molecule has 1 N–H and O–H groups in total. The Balaban J connectivity index is 1.67. The third-order valence-electron chi connectivity index (χ3n) is 5.09. The highest BCUT2D eigenvalue weighted by atomic mass is 32.2. The van der Waals surface area contributed by atoms with Gasteiger partial charge in [-0.1, -0.05) is 12.1 Å². The summed E-state index contributed by atoms with van der Waals surface area (Å²) >= 11 is 1.12. The molecule has 188 valence electrons. The van der Waals surface area contributed by atoms with Crippen molar-refractivity contribution in [1.29, 1.82) is 0 Å². The molecule has 0 atom stereocenters. The number of nitrogens with one attached hydrogen (secondary N) is 1. The van der Waals surface area contributed by atoms with Gasteiger partial charge in [0.1, 0.15) is 4.21 Å². The summed E-state index contributed by atoms with van der Waals surface area (Å²) in [6, 6.07) is 15.5. The van der Waals surface area contributed by atoms with Crippen molar-refractivity contribution in [3.05, 3.63) is 78.1 Å². The van der Waals surface area contributed by atoms with Crippen LogP contribution in [0.5, 0.6) is 0 Å². The molecule has 0 amide bonds. The van der Waals surface area contributed by atoms with Gasteiger partial charge in [0.15, 0.2) is 0 Å². The van der Waals surface area contributed by atoms with E-state index in [0.29, 0.717) is 27.5 Å². The normalized spacial score (nSPS) is 12.6. The summed E-state index contributed by atoms with van der Waals surface area (Å²) in [6.45, 7) is 7.14. The van der Waals surface area contributed by atoms with Gasteiger partial charge in [-0.25, -0.2) is 13.1 Å². The Labute approximate surface area is 212 Å². The van der Waals surface area contributed by atoms with Crippen LogP contribution in [-0.4, -0.2) is 23.9 Å². The first-order valence-electron chi connectivity index (χ1n) is 11.0. The lowest BCUT2D eigenvalue weighted by molar-refractivity contribution is -0.137. The Morgan fingerprint density at radius 3 is 2.14 bits per heavy atom. The molecule has 0 aliphatic carbocycles. The molecular weight excluding hydrogens is 507 g/mol. The van der Waals surface area contributed by atoms with Crippen LogP contribution in [0.3, 0.4) is 0 Å². The van der Waals surface area contributed by atoms with E-state index in [1.54, 1.807) is 45.2 Å². The maximum absolute atomic E-state index is 12.9.